The summed E-state index contributed by atoms with van der Waals surface area (Å²) < 4.78 is 5.39. The van der Waals surface area contributed by atoms with Crippen LogP contribution in [0.4, 0.5) is 0 Å². The lowest BCUT2D eigenvalue weighted by Crippen LogP contribution is -2.34. The molecular formula is C20H25N3O2. The molecule has 1 atom stereocenters. The summed E-state index contributed by atoms with van der Waals surface area (Å²) in [7, 11) is 0. The van der Waals surface area contributed by atoms with E-state index in [4.69, 9.17) is 4.52 Å². The second-order valence-electron chi connectivity index (χ2n) is 7.18. The third kappa shape index (κ3) is 3.76. The first-order valence-electron chi connectivity index (χ1n) is 9.32. The lowest BCUT2D eigenvalue weighted by Gasteiger charge is -2.31. The fourth-order valence-electron chi connectivity index (χ4n) is 3.94. The summed E-state index contributed by atoms with van der Waals surface area (Å²) in [6, 6.07) is 12.4. The van der Waals surface area contributed by atoms with E-state index in [0.29, 0.717) is 11.7 Å². The number of benzene rings is 1. The molecule has 2 aromatic rings. The molecule has 0 unspecified atom stereocenters. The number of piperidine rings is 1. The van der Waals surface area contributed by atoms with E-state index in [1.165, 1.54) is 5.56 Å². The quantitative estimate of drug-likeness (QED) is 0.858. The Morgan fingerprint density at radius 1 is 1.12 bits per heavy atom. The smallest absolute Gasteiger partial charge is 0.292 e. The fraction of sp³-hybridized carbons (Fsp3) is 0.500. The van der Waals surface area contributed by atoms with Crippen LogP contribution in [0.3, 0.4) is 0 Å². The van der Waals surface area contributed by atoms with Crippen LogP contribution >= 0.6 is 0 Å². The largest absolute Gasteiger partial charge is 0.351 e. The molecule has 0 N–H and O–H groups in total. The summed E-state index contributed by atoms with van der Waals surface area (Å²) in [4.78, 5) is 16.8. The highest BCUT2D eigenvalue weighted by Crippen LogP contribution is 2.28. The van der Waals surface area contributed by atoms with Crippen LogP contribution in [0.1, 0.15) is 53.4 Å². The summed E-state index contributed by atoms with van der Waals surface area (Å²) in [5, 5.41) is 4.22. The van der Waals surface area contributed by atoms with Crippen LogP contribution in [-0.4, -0.2) is 47.0 Å². The third-order valence-electron chi connectivity index (χ3n) is 5.31. The molecule has 2 saturated heterocycles. The molecule has 0 radical (unpaired) electrons. The second-order valence-corrected chi connectivity index (χ2v) is 7.18. The predicted octanol–water partition coefficient (Wildman–Crippen LogP) is 3.29. The van der Waals surface area contributed by atoms with E-state index in [9.17, 15) is 4.79 Å². The summed E-state index contributed by atoms with van der Waals surface area (Å²) in [6.45, 7) is 4.72. The molecule has 2 aliphatic rings. The van der Waals surface area contributed by atoms with Crippen molar-refractivity contribution in [3.63, 3.8) is 0 Å². The van der Waals surface area contributed by atoms with Gasteiger partial charge in [-0.05, 0) is 37.8 Å². The van der Waals surface area contributed by atoms with Crippen molar-refractivity contribution in [2.75, 3.05) is 26.2 Å². The van der Waals surface area contributed by atoms with Crippen LogP contribution in [0, 0.1) is 0 Å². The Morgan fingerprint density at radius 3 is 2.72 bits per heavy atom. The fourth-order valence-corrected chi connectivity index (χ4v) is 3.94. The minimum Gasteiger partial charge on any atom is -0.351 e. The Hall–Kier alpha value is -2.14. The molecule has 5 heteroatoms. The van der Waals surface area contributed by atoms with Gasteiger partial charge in [-0.1, -0.05) is 35.5 Å². The van der Waals surface area contributed by atoms with E-state index in [1.807, 2.05) is 11.0 Å². The number of carbonyl (C=O) groups is 1. The van der Waals surface area contributed by atoms with Crippen molar-refractivity contribution in [1.82, 2.24) is 15.0 Å². The van der Waals surface area contributed by atoms with Gasteiger partial charge in [-0.3, -0.25) is 9.69 Å². The SMILES string of the molecule is O=C(c1cc([C@@H]2CCCN(Cc3ccccc3)C2)no1)N1CCCC1. The molecule has 4 rings (SSSR count). The number of rotatable bonds is 4. The topological polar surface area (TPSA) is 49.6 Å². The van der Waals surface area contributed by atoms with Crippen LogP contribution in [-0.2, 0) is 6.54 Å². The van der Waals surface area contributed by atoms with Crippen molar-refractivity contribution in [1.29, 1.82) is 0 Å². The Balaban J connectivity index is 1.40. The first kappa shape index (κ1) is 16.3. The maximum atomic E-state index is 12.4. The molecule has 25 heavy (non-hydrogen) atoms. The van der Waals surface area contributed by atoms with Crippen molar-refractivity contribution in [2.45, 2.75) is 38.1 Å². The van der Waals surface area contributed by atoms with Crippen molar-refractivity contribution < 1.29 is 9.32 Å². The van der Waals surface area contributed by atoms with E-state index in [1.54, 1.807) is 0 Å². The Labute approximate surface area is 148 Å². The second kappa shape index (κ2) is 7.40. The molecule has 1 aromatic heterocycles. The van der Waals surface area contributed by atoms with Gasteiger partial charge in [0.2, 0.25) is 5.76 Å². The summed E-state index contributed by atoms with van der Waals surface area (Å²) in [6.07, 6.45) is 4.43. The van der Waals surface area contributed by atoms with Gasteiger partial charge in [0.15, 0.2) is 0 Å². The maximum Gasteiger partial charge on any atom is 0.292 e. The van der Waals surface area contributed by atoms with Crippen molar-refractivity contribution in [2.24, 2.45) is 0 Å². The number of amides is 1. The van der Waals surface area contributed by atoms with Gasteiger partial charge in [0.25, 0.3) is 5.91 Å². The zero-order chi connectivity index (χ0) is 17.1. The van der Waals surface area contributed by atoms with Crippen LogP contribution in [0.2, 0.25) is 0 Å². The summed E-state index contributed by atoms with van der Waals surface area (Å²) >= 11 is 0. The van der Waals surface area contributed by atoms with Gasteiger partial charge in [-0.25, -0.2) is 0 Å². The number of hydrogen-bond donors (Lipinski definition) is 0. The number of aromatic nitrogens is 1. The zero-order valence-electron chi connectivity index (χ0n) is 14.6. The van der Waals surface area contributed by atoms with Crippen molar-refractivity contribution >= 4 is 5.91 Å². The zero-order valence-corrected chi connectivity index (χ0v) is 14.6. The van der Waals surface area contributed by atoms with E-state index in [-0.39, 0.29) is 5.91 Å². The number of nitrogens with zero attached hydrogens (tertiary/aromatic N) is 3. The molecule has 0 spiro atoms. The van der Waals surface area contributed by atoms with Crippen molar-refractivity contribution in [3.05, 3.63) is 53.4 Å². The van der Waals surface area contributed by atoms with Crippen molar-refractivity contribution in [3.8, 4) is 0 Å². The van der Waals surface area contributed by atoms with Gasteiger partial charge in [-0.15, -0.1) is 0 Å². The number of carbonyl (C=O) groups excluding carboxylic acids is 1. The highest BCUT2D eigenvalue weighted by atomic mass is 16.5. The average Bonchev–Trinajstić information content (AvgIpc) is 3.34. The van der Waals surface area contributed by atoms with Gasteiger partial charge >= 0.3 is 0 Å². The van der Waals surface area contributed by atoms with Crippen LogP contribution < -0.4 is 0 Å². The standard InChI is InChI=1S/C20H25N3O2/c24-20(23-11-4-5-12-23)19-13-18(21-25-19)17-9-6-10-22(15-17)14-16-7-2-1-3-8-16/h1-3,7-8,13,17H,4-6,9-12,14-15H2/t17-/m1/s1. The van der Waals surface area contributed by atoms with Gasteiger partial charge in [-0.2, -0.15) is 0 Å². The molecule has 1 aromatic carbocycles. The van der Waals surface area contributed by atoms with E-state index < -0.39 is 0 Å². The molecule has 0 saturated carbocycles. The van der Waals surface area contributed by atoms with Crippen LogP contribution in [0.25, 0.3) is 0 Å². The van der Waals surface area contributed by atoms with Gasteiger partial charge in [0.05, 0.1) is 5.69 Å². The van der Waals surface area contributed by atoms with E-state index >= 15 is 0 Å². The monoisotopic (exact) mass is 339 g/mol. The van der Waals surface area contributed by atoms with Gasteiger partial charge < -0.3 is 9.42 Å². The van der Waals surface area contributed by atoms with Crippen LogP contribution in [0.15, 0.2) is 40.9 Å². The van der Waals surface area contributed by atoms with Gasteiger partial charge in [0.1, 0.15) is 0 Å². The Kier molecular flexibility index (Phi) is 4.83. The Morgan fingerprint density at radius 2 is 1.92 bits per heavy atom. The molecule has 1 amide bonds. The summed E-state index contributed by atoms with van der Waals surface area (Å²) in [5.74, 6) is 0.742. The minimum atomic E-state index is -0.00630. The van der Waals surface area contributed by atoms with E-state index in [0.717, 1.165) is 64.1 Å². The molecule has 5 nitrogen and oxygen atoms in total. The predicted molar refractivity (Wildman–Crippen MR) is 95.3 cm³/mol. The molecule has 2 aliphatic heterocycles. The Bertz CT molecular complexity index is 707. The van der Waals surface area contributed by atoms with Crippen LogP contribution in [0.5, 0.6) is 0 Å². The maximum absolute atomic E-state index is 12.4. The van der Waals surface area contributed by atoms with E-state index in [2.05, 4.69) is 40.4 Å². The van der Waals surface area contributed by atoms with Gasteiger partial charge in [0, 0.05) is 38.2 Å². The summed E-state index contributed by atoms with van der Waals surface area (Å²) in [5.41, 5.74) is 2.27. The third-order valence-corrected chi connectivity index (χ3v) is 5.31. The first-order valence-corrected chi connectivity index (χ1v) is 9.32. The minimum absolute atomic E-state index is 0.00630. The lowest BCUT2D eigenvalue weighted by molar-refractivity contribution is 0.0751. The molecule has 2 fully saturated rings. The number of likely N-dealkylation sites (tertiary alicyclic amines) is 2. The molecule has 132 valence electrons. The molecule has 0 bridgehead atoms. The first-order chi connectivity index (χ1) is 12.3. The molecule has 0 aliphatic carbocycles. The normalized spacial score (nSPS) is 21.6. The average molecular weight is 339 g/mol. The highest BCUT2D eigenvalue weighted by molar-refractivity contribution is 5.91. The lowest BCUT2D eigenvalue weighted by atomic mass is 9.94. The molecule has 3 heterocycles. The highest BCUT2D eigenvalue weighted by Gasteiger charge is 2.27. The number of hydrogen-bond acceptors (Lipinski definition) is 4. The molecular weight excluding hydrogens is 314 g/mol.